The van der Waals surface area contributed by atoms with E-state index in [9.17, 15) is 24.0 Å². The number of carboxylic acid groups (broad SMARTS) is 1. The number of imidazole rings is 1. The lowest BCUT2D eigenvalue weighted by molar-refractivity contribution is -0.140. The zero-order valence-electron chi connectivity index (χ0n) is 37.0. The number of ether oxygens (including phenoxy) is 3. The topological polar surface area (TPSA) is 205 Å². The first-order valence-corrected chi connectivity index (χ1v) is 20.7. The van der Waals surface area contributed by atoms with Gasteiger partial charge in [0.25, 0.3) is 0 Å². The molecule has 2 aromatic carbocycles. The predicted octanol–water partition coefficient (Wildman–Crippen LogP) is 6.74. The Morgan fingerprint density at radius 3 is 1.97 bits per heavy atom. The average Bonchev–Trinajstić information content (AvgIpc) is 4.06. The van der Waals surface area contributed by atoms with Gasteiger partial charge in [-0.2, -0.15) is 0 Å². The van der Waals surface area contributed by atoms with Crippen LogP contribution in [-0.2, 0) is 30.2 Å². The predicted molar refractivity (Wildman–Crippen MR) is 235 cm³/mol. The third-order valence-electron chi connectivity index (χ3n) is 10.4. The van der Waals surface area contributed by atoms with Gasteiger partial charge in [0.15, 0.2) is 0 Å². The van der Waals surface area contributed by atoms with E-state index >= 15 is 0 Å². The van der Waals surface area contributed by atoms with Crippen molar-refractivity contribution in [3.63, 3.8) is 0 Å². The second-order valence-corrected chi connectivity index (χ2v) is 16.8. The molecule has 332 valence electrons. The molecule has 4 heterocycles. The molecule has 2 unspecified atom stereocenters. The molecule has 0 saturated carbocycles. The van der Waals surface area contributed by atoms with Gasteiger partial charge in [-0.3, -0.25) is 14.7 Å². The standard InChI is InChI=1S/C20H24N4O3.C19H22N2O2.C7H13NO4/c1-5-13-8-9-14-15(11-13)22-18(21-14)16-7-6-10-24(16)19(25)17(12(2)3)23-20(26)27-4;1-5-13-8-9-15-14(11-13)12-16(20-15)17-7-6-10-21(17)18(22)23-19(2,3)4;1-4(2)5(6(9)10)8-7(11)12-3/h1,8-9,11-12,16-17H,6-7,10H2,2-4H3,(H,21,22)(H,23,26);1,8-9,11,17H,6-7,10,12H2,2-4H3;4-5H,1-3H3,(H,8,11)(H,9,10)/t16?,17-;;5-/m0.0/s1. The minimum absolute atomic E-state index is 0.0338. The molecule has 1 aromatic heterocycles. The highest BCUT2D eigenvalue weighted by atomic mass is 16.6. The SMILES string of the molecule is C#Cc1ccc2c(c1)CC(C1CCCN1C(=O)OC(C)(C)C)=N2.C#Cc1ccc2nc(C3CCCN3C(=O)[C@@H](NC(=O)OC)C(C)C)[nH]c2c1.COC(=O)N[C@H](C(=O)O)C(C)C. The fraction of sp³-hybridized carbons (Fsp3) is 0.500. The molecule has 16 heteroatoms. The van der Waals surface area contributed by atoms with E-state index in [1.165, 1.54) is 14.2 Å². The Balaban J connectivity index is 0.000000220. The summed E-state index contributed by atoms with van der Waals surface area (Å²) >= 11 is 0. The van der Waals surface area contributed by atoms with Crippen molar-refractivity contribution in [2.45, 2.75) is 110 Å². The molecule has 4 amide bonds. The van der Waals surface area contributed by atoms with Crippen molar-refractivity contribution < 1.29 is 43.3 Å². The molecule has 0 spiro atoms. The lowest BCUT2D eigenvalue weighted by Gasteiger charge is -2.29. The molecule has 2 fully saturated rings. The van der Waals surface area contributed by atoms with E-state index in [1.54, 1.807) is 18.7 Å². The maximum atomic E-state index is 13.1. The van der Waals surface area contributed by atoms with Crippen molar-refractivity contribution in [2.75, 3.05) is 27.3 Å². The molecule has 4 N–H and O–H groups in total. The number of nitrogens with one attached hydrogen (secondary N) is 3. The van der Waals surface area contributed by atoms with Crippen molar-refractivity contribution in [1.29, 1.82) is 0 Å². The third kappa shape index (κ3) is 12.5. The Morgan fingerprint density at radius 1 is 0.839 bits per heavy atom. The summed E-state index contributed by atoms with van der Waals surface area (Å²) in [6.07, 6.45) is 13.7. The number of benzene rings is 2. The van der Waals surface area contributed by atoms with Crippen LogP contribution in [0.25, 0.3) is 11.0 Å². The van der Waals surface area contributed by atoms with E-state index in [-0.39, 0.29) is 35.9 Å². The molecule has 0 aliphatic carbocycles. The van der Waals surface area contributed by atoms with E-state index in [2.05, 4.69) is 41.9 Å². The van der Waals surface area contributed by atoms with Crippen LogP contribution in [0.15, 0.2) is 41.4 Å². The third-order valence-corrected chi connectivity index (χ3v) is 10.4. The fourth-order valence-electron chi connectivity index (χ4n) is 7.33. The number of terminal acetylenes is 2. The number of carbonyl (C=O) groups excluding carboxylic acids is 4. The first kappa shape index (κ1) is 48.1. The zero-order valence-corrected chi connectivity index (χ0v) is 37.0. The smallest absolute Gasteiger partial charge is 0.410 e. The Labute approximate surface area is 363 Å². The van der Waals surface area contributed by atoms with Gasteiger partial charge in [0.1, 0.15) is 23.5 Å². The minimum Gasteiger partial charge on any atom is -0.480 e. The first-order chi connectivity index (χ1) is 29.3. The molecule has 2 saturated heterocycles. The number of methoxy groups -OCH3 is 2. The van der Waals surface area contributed by atoms with Gasteiger partial charge < -0.3 is 39.8 Å². The van der Waals surface area contributed by atoms with Gasteiger partial charge in [0.05, 0.1) is 43.0 Å². The highest BCUT2D eigenvalue weighted by Crippen LogP contribution is 2.34. The number of hydrogen-bond donors (Lipinski definition) is 4. The van der Waals surface area contributed by atoms with Crippen LogP contribution in [0.2, 0.25) is 0 Å². The second-order valence-electron chi connectivity index (χ2n) is 16.8. The average molecular weight is 854 g/mol. The normalized spacial score (nSPS) is 17.5. The van der Waals surface area contributed by atoms with E-state index in [0.29, 0.717) is 6.54 Å². The van der Waals surface area contributed by atoms with Crippen LogP contribution in [0.3, 0.4) is 0 Å². The number of alkyl carbamates (subject to hydrolysis) is 2. The Kier molecular flexibility index (Phi) is 16.5. The molecule has 0 radical (unpaired) electrons. The van der Waals surface area contributed by atoms with Crippen LogP contribution in [0.1, 0.15) is 103 Å². The van der Waals surface area contributed by atoms with Crippen LogP contribution in [-0.4, -0.2) is 112 Å². The number of amides is 4. The van der Waals surface area contributed by atoms with E-state index in [4.69, 9.17) is 27.7 Å². The molecule has 6 rings (SSSR count). The zero-order chi connectivity index (χ0) is 45.9. The molecule has 16 nitrogen and oxygen atoms in total. The number of fused-ring (bicyclic) bond motifs is 2. The maximum absolute atomic E-state index is 13.1. The first-order valence-electron chi connectivity index (χ1n) is 20.7. The van der Waals surface area contributed by atoms with Gasteiger partial charge in [-0.15, -0.1) is 12.8 Å². The summed E-state index contributed by atoms with van der Waals surface area (Å²) in [5.74, 6) is 4.60. The summed E-state index contributed by atoms with van der Waals surface area (Å²) in [4.78, 5) is 74.6. The summed E-state index contributed by atoms with van der Waals surface area (Å²) in [5, 5.41) is 13.5. The van der Waals surface area contributed by atoms with Crippen LogP contribution in [0.5, 0.6) is 0 Å². The highest BCUT2D eigenvalue weighted by Gasteiger charge is 2.38. The van der Waals surface area contributed by atoms with Gasteiger partial charge >= 0.3 is 24.2 Å². The number of aliphatic carboxylic acids is 1. The van der Waals surface area contributed by atoms with Gasteiger partial charge in [-0.25, -0.2) is 24.2 Å². The number of aliphatic imine (C=N–C) groups is 1. The van der Waals surface area contributed by atoms with Crippen molar-refractivity contribution >= 4 is 52.6 Å². The summed E-state index contributed by atoms with van der Waals surface area (Å²) in [5.41, 5.74) is 5.99. The monoisotopic (exact) mass is 853 g/mol. The van der Waals surface area contributed by atoms with Crippen LogP contribution >= 0.6 is 0 Å². The van der Waals surface area contributed by atoms with Gasteiger partial charge in [-0.1, -0.05) is 39.5 Å². The number of likely N-dealkylation sites (tertiary alicyclic amines) is 2. The number of H-pyrrole nitrogens is 1. The molecular formula is C46H59N7O9. The Bertz CT molecular complexity index is 2230. The van der Waals surface area contributed by atoms with Gasteiger partial charge in [0.2, 0.25) is 5.91 Å². The summed E-state index contributed by atoms with van der Waals surface area (Å²) in [7, 11) is 2.48. The Morgan fingerprint density at radius 2 is 1.40 bits per heavy atom. The van der Waals surface area contributed by atoms with Gasteiger partial charge in [0, 0.05) is 36.3 Å². The lowest BCUT2D eigenvalue weighted by atomic mass is 10.0. The van der Waals surface area contributed by atoms with Crippen LogP contribution < -0.4 is 10.6 Å². The Hall–Kier alpha value is -6.55. The number of aromatic amines is 1. The van der Waals surface area contributed by atoms with Crippen LogP contribution in [0, 0.1) is 36.5 Å². The number of rotatable bonds is 8. The highest BCUT2D eigenvalue weighted by molar-refractivity contribution is 5.99. The largest absolute Gasteiger partial charge is 0.480 e. The molecule has 3 aromatic rings. The number of nitrogens with zero attached hydrogens (tertiary/aromatic N) is 4. The molecular weight excluding hydrogens is 795 g/mol. The van der Waals surface area contributed by atoms with E-state index in [1.807, 2.05) is 75.9 Å². The molecule has 3 aliphatic heterocycles. The molecule has 4 atom stereocenters. The van der Waals surface area contributed by atoms with E-state index in [0.717, 1.165) is 83.6 Å². The second kappa shape index (κ2) is 21.3. The van der Waals surface area contributed by atoms with Crippen molar-refractivity contribution in [2.24, 2.45) is 16.8 Å². The number of aromatic nitrogens is 2. The van der Waals surface area contributed by atoms with Crippen LogP contribution in [0.4, 0.5) is 20.1 Å². The molecule has 3 aliphatic rings. The molecule has 0 bridgehead atoms. The fourth-order valence-corrected chi connectivity index (χ4v) is 7.33. The van der Waals surface area contributed by atoms with Crippen molar-refractivity contribution in [3.05, 3.63) is 58.9 Å². The van der Waals surface area contributed by atoms with Crippen molar-refractivity contribution in [1.82, 2.24) is 30.4 Å². The number of carbonyl (C=O) groups is 5. The van der Waals surface area contributed by atoms with E-state index < -0.39 is 35.8 Å². The minimum atomic E-state index is -1.06. The number of hydrogen-bond acceptors (Lipinski definition) is 10. The summed E-state index contributed by atoms with van der Waals surface area (Å²) in [6.45, 7) is 14.2. The number of carboxylic acids is 1. The quantitative estimate of drug-likeness (QED) is 0.139. The summed E-state index contributed by atoms with van der Waals surface area (Å²) < 4.78 is 14.5. The van der Waals surface area contributed by atoms with Gasteiger partial charge in [-0.05, 0) is 100 Å². The maximum Gasteiger partial charge on any atom is 0.410 e. The lowest BCUT2D eigenvalue weighted by Crippen LogP contribution is -2.51. The molecule has 62 heavy (non-hydrogen) atoms. The van der Waals surface area contributed by atoms with Crippen molar-refractivity contribution in [3.8, 4) is 24.7 Å². The summed E-state index contributed by atoms with van der Waals surface area (Å²) in [6, 6.07) is 9.83.